The van der Waals surface area contributed by atoms with Crippen molar-refractivity contribution in [1.82, 2.24) is 5.32 Å². The third-order valence-electron chi connectivity index (χ3n) is 3.08. The Bertz CT molecular complexity index is 623. The molecule has 1 aromatic carbocycles. The molecule has 0 aliphatic heterocycles. The molecule has 0 aromatic heterocycles. The van der Waals surface area contributed by atoms with Gasteiger partial charge < -0.3 is 10.1 Å². The molecule has 1 N–H and O–H groups in total. The van der Waals surface area contributed by atoms with E-state index in [4.69, 9.17) is 5.26 Å². The van der Waals surface area contributed by atoms with Gasteiger partial charge in [0.25, 0.3) is 5.91 Å². The lowest BCUT2D eigenvalue weighted by Gasteiger charge is -2.19. The molecule has 0 unspecified atom stereocenters. The molecule has 1 aromatic rings. The lowest BCUT2D eigenvalue weighted by atomic mass is 10.0. The van der Waals surface area contributed by atoms with Crippen LogP contribution in [0.2, 0.25) is 0 Å². The largest absolute Gasteiger partial charge is 0.467 e. The van der Waals surface area contributed by atoms with Gasteiger partial charge in [0, 0.05) is 5.92 Å². The molecule has 0 aliphatic carbocycles. The van der Waals surface area contributed by atoms with Crippen molar-refractivity contribution in [1.29, 1.82) is 5.26 Å². The first-order valence-electron chi connectivity index (χ1n) is 6.65. The molecule has 8 heteroatoms. The highest BCUT2D eigenvalue weighted by molar-refractivity contribution is 5.98. The van der Waals surface area contributed by atoms with Gasteiger partial charge in [0.15, 0.2) is 0 Å². The maximum Gasteiger partial charge on any atom is 0.417 e. The first-order valence-corrected chi connectivity index (χ1v) is 6.65. The minimum absolute atomic E-state index is 0.0664. The number of alkyl halides is 3. The number of hydrogen-bond acceptors (Lipinski definition) is 4. The van der Waals surface area contributed by atoms with Gasteiger partial charge in [-0.05, 0) is 25.5 Å². The molecule has 2 atom stereocenters. The van der Waals surface area contributed by atoms with Gasteiger partial charge in [-0.2, -0.15) is 18.4 Å². The number of nitrogens with one attached hydrogen (secondary N) is 1. The van der Waals surface area contributed by atoms with E-state index in [2.05, 4.69) is 10.1 Å². The molecule has 0 fully saturated rings. The summed E-state index contributed by atoms with van der Waals surface area (Å²) in [7, 11) is 1.09. The molecule has 0 heterocycles. The van der Waals surface area contributed by atoms with Crippen molar-refractivity contribution < 1.29 is 27.5 Å². The van der Waals surface area contributed by atoms with Gasteiger partial charge in [-0.15, -0.1) is 0 Å². The number of ether oxygens (including phenoxy) is 1. The number of halogens is 3. The van der Waals surface area contributed by atoms with Crippen molar-refractivity contribution in [2.24, 2.45) is 5.92 Å². The molecular weight excluding hydrogens is 313 g/mol. The number of hydrogen-bond donors (Lipinski definition) is 1. The van der Waals surface area contributed by atoms with Crippen molar-refractivity contribution in [3.05, 3.63) is 35.4 Å². The quantitative estimate of drug-likeness (QED) is 0.843. The zero-order valence-corrected chi connectivity index (χ0v) is 12.5. The molecule has 0 saturated heterocycles. The first-order chi connectivity index (χ1) is 10.7. The highest BCUT2D eigenvalue weighted by Gasteiger charge is 2.35. The fourth-order valence-electron chi connectivity index (χ4n) is 1.93. The Morgan fingerprint density at radius 3 is 2.48 bits per heavy atom. The summed E-state index contributed by atoms with van der Waals surface area (Å²) in [4.78, 5) is 23.8. The minimum Gasteiger partial charge on any atom is -0.467 e. The second kappa shape index (κ2) is 7.63. The van der Waals surface area contributed by atoms with Crippen LogP contribution in [-0.4, -0.2) is 25.0 Å². The summed E-state index contributed by atoms with van der Waals surface area (Å²) in [5, 5.41) is 11.0. The minimum atomic E-state index is -4.70. The Hall–Kier alpha value is -2.56. The van der Waals surface area contributed by atoms with E-state index in [1.807, 2.05) is 6.07 Å². The molecule has 0 saturated carbocycles. The van der Waals surface area contributed by atoms with Gasteiger partial charge >= 0.3 is 12.1 Å². The second-order valence-corrected chi connectivity index (χ2v) is 4.86. The van der Waals surface area contributed by atoms with E-state index in [1.54, 1.807) is 0 Å². The summed E-state index contributed by atoms with van der Waals surface area (Å²) in [6, 6.07) is 4.92. The molecule has 5 nitrogen and oxygen atoms in total. The number of rotatable bonds is 5. The van der Waals surface area contributed by atoms with Crippen molar-refractivity contribution >= 4 is 11.9 Å². The van der Waals surface area contributed by atoms with Crippen molar-refractivity contribution in [2.75, 3.05) is 7.11 Å². The van der Waals surface area contributed by atoms with E-state index >= 15 is 0 Å². The second-order valence-electron chi connectivity index (χ2n) is 4.86. The number of amides is 1. The zero-order valence-electron chi connectivity index (χ0n) is 12.5. The lowest BCUT2D eigenvalue weighted by Crippen LogP contribution is -2.43. The van der Waals surface area contributed by atoms with Gasteiger partial charge in [-0.3, -0.25) is 4.79 Å². The highest BCUT2D eigenvalue weighted by Crippen LogP contribution is 2.31. The van der Waals surface area contributed by atoms with E-state index in [-0.39, 0.29) is 6.42 Å². The molecule has 0 radical (unpaired) electrons. The summed E-state index contributed by atoms with van der Waals surface area (Å²) >= 11 is 0. The average molecular weight is 328 g/mol. The predicted molar refractivity (Wildman–Crippen MR) is 74.1 cm³/mol. The Morgan fingerprint density at radius 2 is 1.96 bits per heavy atom. The summed E-state index contributed by atoms with van der Waals surface area (Å²) in [6.45, 7) is 1.52. The molecule has 23 heavy (non-hydrogen) atoms. The van der Waals surface area contributed by atoms with Crippen molar-refractivity contribution in [2.45, 2.75) is 25.6 Å². The Kier molecular flexibility index (Phi) is 6.13. The third kappa shape index (κ3) is 4.98. The van der Waals surface area contributed by atoms with Gasteiger partial charge in [0.05, 0.1) is 24.3 Å². The molecule has 124 valence electrons. The fourth-order valence-corrected chi connectivity index (χ4v) is 1.93. The van der Waals surface area contributed by atoms with Crippen LogP contribution in [0.5, 0.6) is 0 Å². The zero-order chi connectivity index (χ0) is 17.6. The number of nitriles is 1. The van der Waals surface area contributed by atoms with Crippen LogP contribution in [0.4, 0.5) is 13.2 Å². The molecule has 1 rings (SSSR count). The number of methoxy groups -OCH3 is 1. The molecule has 0 aliphatic rings. The number of carbonyl (C=O) groups is 2. The number of benzene rings is 1. The van der Waals surface area contributed by atoms with Crippen molar-refractivity contribution in [3.8, 4) is 6.07 Å². The Balaban J connectivity index is 3.05. The summed E-state index contributed by atoms with van der Waals surface area (Å²) in [6.07, 6.45) is -4.77. The van der Waals surface area contributed by atoms with Crippen LogP contribution in [0.25, 0.3) is 0 Å². The SMILES string of the molecule is COC(=O)[C@H](C[C@@H](C)C#N)NC(=O)c1ccccc1C(F)(F)F. The Morgan fingerprint density at radius 1 is 1.35 bits per heavy atom. The first kappa shape index (κ1) is 18.5. The average Bonchev–Trinajstić information content (AvgIpc) is 2.52. The van der Waals surface area contributed by atoms with Gasteiger partial charge in [0.1, 0.15) is 6.04 Å². The molecule has 0 spiro atoms. The fraction of sp³-hybridized carbons (Fsp3) is 0.400. The van der Waals surface area contributed by atoms with Crippen LogP contribution >= 0.6 is 0 Å². The van der Waals surface area contributed by atoms with Crippen LogP contribution in [0, 0.1) is 17.2 Å². The summed E-state index contributed by atoms with van der Waals surface area (Å²) in [5.74, 6) is -2.47. The van der Waals surface area contributed by atoms with Crippen molar-refractivity contribution in [3.63, 3.8) is 0 Å². The summed E-state index contributed by atoms with van der Waals surface area (Å²) in [5.41, 5.74) is -1.70. The van der Waals surface area contributed by atoms with Gasteiger partial charge in [-0.1, -0.05) is 12.1 Å². The monoisotopic (exact) mass is 328 g/mol. The highest BCUT2D eigenvalue weighted by atomic mass is 19.4. The van der Waals surface area contributed by atoms with Crippen LogP contribution in [0.3, 0.4) is 0 Å². The standard InChI is InChI=1S/C15H15F3N2O3/c1-9(8-19)7-12(14(22)23-2)20-13(21)10-5-3-4-6-11(10)15(16,17)18/h3-6,9,12H,7H2,1-2H3,(H,20,21)/t9-,12+/m1/s1. The van der Waals surface area contributed by atoms with E-state index in [0.717, 1.165) is 25.3 Å². The topological polar surface area (TPSA) is 79.2 Å². The molecular formula is C15H15F3N2O3. The third-order valence-corrected chi connectivity index (χ3v) is 3.08. The normalized spacial score (nSPS) is 13.6. The van der Waals surface area contributed by atoms with Crippen LogP contribution in [0.1, 0.15) is 29.3 Å². The van der Waals surface area contributed by atoms with E-state index < -0.39 is 41.1 Å². The van der Waals surface area contributed by atoms with Gasteiger partial charge in [-0.25, -0.2) is 4.79 Å². The van der Waals surface area contributed by atoms with E-state index in [0.29, 0.717) is 0 Å². The Labute approximate surface area is 131 Å². The van der Waals surface area contributed by atoms with Crippen LogP contribution in [-0.2, 0) is 15.7 Å². The number of esters is 1. The van der Waals surface area contributed by atoms with E-state index in [1.165, 1.54) is 13.0 Å². The molecule has 0 bridgehead atoms. The van der Waals surface area contributed by atoms with Crippen LogP contribution in [0.15, 0.2) is 24.3 Å². The van der Waals surface area contributed by atoms with E-state index in [9.17, 15) is 22.8 Å². The number of nitrogens with zero attached hydrogens (tertiary/aromatic N) is 1. The maximum absolute atomic E-state index is 12.9. The lowest BCUT2D eigenvalue weighted by molar-refractivity contribution is -0.143. The maximum atomic E-state index is 12.9. The smallest absolute Gasteiger partial charge is 0.417 e. The van der Waals surface area contributed by atoms with Crippen LogP contribution < -0.4 is 5.32 Å². The molecule has 1 amide bonds. The van der Waals surface area contributed by atoms with Gasteiger partial charge in [0.2, 0.25) is 0 Å². The number of carbonyl (C=O) groups excluding carboxylic acids is 2. The summed E-state index contributed by atoms with van der Waals surface area (Å²) < 4.78 is 43.3. The predicted octanol–water partition coefficient (Wildman–Crippen LogP) is 2.53.